The van der Waals surface area contributed by atoms with Crippen LogP contribution in [0, 0.1) is 5.82 Å². The number of anilines is 1. The van der Waals surface area contributed by atoms with Crippen molar-refractivity contribution in [2.24, 2.45) is 0 Å². The fraction of sp³-hybridized carbons (Fsp3) is 0.316. The van der Waals surface area contributed by atoms with Crippen LogP contribution in [0.1, 0.15) is 23.2 Å². The second-order valence-corrected chi connectivity index (χ2v) is 9.83. The van der Waals surface area contributed by atoms with Gasteiger partial charge in [-0.1, -0.05) is 34.8 Å². The molecule has 0 aromatic heterocycles. The molecule has 1 saturated heterocycles. The predicted octanol–water partition coefficient (Wildman–Crippen LogP) is 4.52. The monoisotopic (exact) mass is 494 g/mol. The molecule has 1 aliphatic heterocycles. The number of benzene rings is 2. The van der Waals surface area contributed by atoms with E-state index in [9.17, 15) is 17.6 Å². The molecule has 1 fully saturated rings. The summed E-state index contributed by atoms with van der Waals surface area (Å²) in [6.07, 6.45) is 2.60. The first-order chi connectivity index (χ1) is 14.0. The molecule has 0 unspecified atom stereocenters. The zero-order chi connectivity index (χ0) is 22.1. The van der Waals surface area contributed by atoms with Crippen LogP contribution in [0.25, 0.3) is 0 Å². The van der Waals surface area contributed by atoms with Gasteiger partial charge in [-0.25, -0.2) is 17.5 Å². The van der Waals surface area contributed by atoms with E-state index in [2.05, 4.69) is 4.90 Å². The highest BCUT2D eigenvalue weighted by Gasteiger charge is 2.26. The van der Waals surface area contributed by atoms with Crippen molar-refractivity contribution in [3.8, 4) is 5.75 Å². The predicted molar refractivity (Wildman–Crippen MR) is 116 cm³/mol. The van der Waals surface area contributed by atoms with Gasteiger partial charge in [-0.05, 0) is 37.1 Å². The Morgan fingerprint density at radius 3 is 2.60 bits per heavy atom. The van der Waals surface area contributed by atoms with E-state index in [1.165, 1.54) is 0 Å². The summed E-state index contributed by atoms with van der Waals surface area (Å²) in [7, 11) is -3.83. The molecule has 0 saturated carbocycles. The van der Waals surface area contributed by atoms with Crippen LogP contribution in [0.3, 0.4) is 0 Å². The Balaban J connectivity index is 1.72. The van der Waals surface area contributed by atoms with Crippen molar-refractivity contribution < 1.29 is 22.3 Å². The van der Waals surface area contributed by atoms with Gasteiger partial charge in [0.25, 0.3) is 5.91 Å². The van der Waals surface area contributed by atoms with E-state index < -0.39 is 27.3 Å². The Bertz CT molecular complexity index is 1080. The average molecular weight is 496 g/mol. The first-order valence-electron chi connectivity index (χ1n) is 8.91. The molecule has 0 aliphatic carbocycles. The van der Waals surface area contributed by atoms with Gasteiger partial charge in [0.1, 0.15) is 18.2 Å². The van der Waals surface area contributed by atoms with Gasteiger partial charge in [0.05, 0.1) is 32.9 Å². The molecule has 3 rings (SSSR count). The third-order valence-corrected chi connectivity index (χ3v) is 6.18. The van der Waals surface area contributed by atoms with E-state index >= 15 is 0 Å². The second kappa shape index (κ2) is 9.18. The number of hydrogen-bond donors (Lipinski definition) is 1. The number of sulfonamides is 1. The molecule has 0 spiro atoms. The maximum atomic E-state index is 14.3. The summed E-state index contributed by atoms with van der Waals surface area (Å²) in [4.78, 5) is 14.0. The molecule has 0 radical (unpaired) electrons. The van der Waals surface area contributed by atoms with E-state index in [0.29, 0.717) is 10.0 Å². The summed E-state index contributed by atoms with van der Waals surface area (Å²) in [6, 6.07) is 7.39. The molecule has 6 nitrogen and oxygen atoms in total. The SMILES string of the molecule is CS(=O)(=O)NC(=O)c1cc(Cl)c(OC[C@@H]2CCCN2c2ccc(Cl)c(Cl)c2)cc1F. The summed E-state index contributed by atoms with van der Waals surface area (Å²) in [6.45, 7) is 1.03. The lowest BCUT2D eigenvalue weighted by Crippen LogP contribution is -2.34. The van der Waals surface area contributed by atoms with Crippen molar-refractivity contribution in [2.75, 3.05) is 24.3 Å². The van der Waals surface area contributed by atoms with Crippen molar-refractivity contribution in [3.63, 3.8) is 0 Å². The Labute approximate surface area is 188 Å². The maximum Gasteiger partial charge on any atom is 0.267 e. The van der Waals surface area contributed by atoms with E-state index in [4.69, 9.17) is 39.5 Å². The second-order valence-electron chi connectivity index (χ2n) is 6.86. The summed E-state index contributed by atoms with van der Waals surface area (Å²) in [5.74, 6) is -1.99. The fourth-order valence-electron chi connectivity index (χ4n) is 3.24. The highest BCUT2D eigenvalue weighted by atomic mass is 35.5. The lowest BCUT2D eigenvalue weighted by atomic mass is 10.2. The molecule has 2 aromatic rings. The van der Waals surface area contributed by atoms with Crippen LogP contribution in [-0.4, -0.2) is 39.8 Å². The van der Waals surface area contributed by atoms with Crippen LogP contribution in [0.4, 0.5) is 10.1 Å². The Kier molecular flexibility index (Phi) is 7.02. The van der Waals surface area contributed by atoms with Gasteiger partial charge in [0.2, 0.25) is 10.0 Å². The van der Waals surface area contributed by atoms with E-state index in [-0.39, 0.29) is 23.4 Å². The van der Waals surface area contributed by atoms with Crippen molar-refractivity contribution in [1.82, 2.24) is 4.72 Å². The molecule has 1 amide bonds. The molecule has 11 heteroatoms. The minimum absolute atomic E-state index is 0.00543. The molecule has 30 heavy (non-hydrogen) atoms. The Morgan fingerprint density at radius 2 is 1.93 bits per heavy atom. The number of carbonyl (C=O) groups is 1. The van der Waals surface area contributed by atoms with Crippen LogP contribution >= 0.6 is 34.8 Å². The van der Waals surface area contributed by atoms with Crippen LogP contribution in [0.5, 0.6) is 5.75 Å². The van der Waals surface area contributed by atoms with Gasteiger partial charge in [-0.2, -0.15) is 0 Å². The average Bonchev–Trinajstić information content (AvgIpc) is 3.11. The van der Waals surface area contributed by atoms with E-state index in [1.807, 2.05) is 6.07 Å². The third-order valence-electron chi connectivity index (χ3n) is 4.59. The minimum atomic E-state index is -3.83. The van der Waals surface area contributed by atoms with Gasteiger partial charge in [0.15, 0.2) is 0 Å². The number of halogens is 4. The quantitative estimate of drug-likeness (QED) is 0.637. The number of ether oxygens (including phenoxy) is 1. The Morgan fingerprint density at radius 1 is 1.20 bits per heavy atom. The standard InChI is InChI=1S/C19H18Cl3FN2O4S/c1-30(27,28)24-19(26)13-8-16(22)18(9-17(13)23)29-10-12-3-2-6-25(12)11-4-5-14(20)15(21)7-11/h4-5,7-9,12H,2-3,6,10H2,1H3,(H,24,26)/t12-/m0/s1. The van der Waals surface area contributed by atoms with Crippen LogP contribution < -0.4 is 14.4 Å². The number of hydrogen-bond acceptors (Lipinski definition) is 5. The molecule has 1 atom stereocenters. The van der Waals surface area contributed by atoms with Crippen LogP contribution in [0.2, 0.25) is 15.1 Å². The number of carbonyl (C=O) groups excluding carboxylic acids is 1. The largest absolute Gasteiger partial charge is 0.490 e. The molecular formula is C19H18Cl3FN2O4S. The Hall–Kier alpha value is -1.74. The number of rotatable bonds is 6. The normalized spacial score (nSPS) is 16.6. The van der Waals surface area contributed by atoms with Gasteiger partial charge in [0, 0.05) is 18.3 Å². The fourth-order valence-corrected chi connectivity index (χ4v) is 4.19. The highest BCUT2D eigenvalue weighted by Crippen LogP contribution is 2.33. The van der Waals surface area contributed by atoms with Crippen molar-refractivity contribution in [2.45, 2.75) is 18.9 Å². The zero-order valence-electron chi connectivity index (χ0n) is 15.8. The number of nitrogens with one attached hydrogen (secondary N) is 1. The summed E-state index contributed by atoms with van der Waals surface area (Å²) in [5.41, 5.74) is 0.414. The van der Waals surface area contributed by atoms with Gasteiger partial charge in [-0.15, -0.1) is 0 Å². The first kappa shape index (κ1) is 22.9. The third kappa shape index (κ3) is 5.49. The van der Waals surface area contributed by atoms with E-state index in [1.54, 1.807) is 16.9 Å². The molecular weight excluding hydrogens is 478 g/mol. The molecule has 1 aliphatic rings. The molecule has 2 aromatic carbocycles. The highest BCUT2D eigenvalue weighted by molar-refractivity contribution is 7.89. The van der Waals surface area contributed by atoms with Gasteiger partial charge >= 0.3 is 0 Å². The topological polar surface area (TPSA) is 75.7 Å². The van der Waals surface area contributed by atoms with Crippen molar-refractivity contribution in [1.29, 1.82) is 0 Å². The van der Waals surface area contributed by atoms with Crippen molar-refractivity contribution in [3.05, 3.63) is 56.8 Å². The number of amides is 1. The van der Waals surface area contributed by atoms with Gasteiger partial charge in [-0.3, -0.25) is 4.79 Å². The summed E-state index contributed by atoms with van der Waals surface area (Å²) < 4.78 is 44.1. The van der Waals surface area contributed by atoms with E-state index in [0.717, 1.165) is 43.5 Å². The van der Waals surface area contributed by atoms with Gasteiger partial charge < -0.3 is 9.64 Å². The number of nitrogens with zero attached hydrogens (tertiary/aromatic N) is 1. The molecule has 0 bridgehead atoms. The zero-order valence-corrected chi connectivity index (χ0v) is 18.9. The maximum absolute atomic E-state index is 14.3. The smallest absolute Gasteiger partial charge is 0.267 e. The van der Waals surface area contributed by atoms with Crippen LogP contribution in [-0.2, 0) is 10.0 Å². The molecule has 1 N–H and O–H groups in total. The summed E-state index contributed by atoms with van der Waals surface area (Å²) in [5, 5.41) is 0.914. The molecule has 162 valence electrons. The van der Waals surface area contributed by atoms with Crippen molar-refractivity contribution >= 4 is 56.4 Å². The summed E-state index contributed by atoms with van der Waals surface area (Å²) >= 11 is 18.2. The molecule has 1 heterocycles. The minimum Gasteiger partial charge on any atom is -0.490 e. The van der Waals surface area contributed by atoms with Crippen LogP contribution in [0.15, 0.2) is 30.3 Å². The lowest BCUT2D eigenvalue weighted by Gasteiger charge is -2.27. The first-order valence-corrected chi connectivity index (χ1v) is 11.9. The lowest BCUT2D eigenvalue weighted by molar-refractivity contribution is 0.0977.